The Balaban J connectivity index is 4.60. The molecular weight excluding hydrogens is 716 g/mol. The van der Waals surface area contributed by atoms with Crippen molar-refractivity contribution in [1.82, 2.24) is 21.3 Å². The molecular formula is C35H58N4O15. The molecule has 0 heterocycles. The van der Waals surface area contributed by atoms with Gasteiger partial charge in [0.15, 0.2) is 0 Å². The third-order valence-electron chi connectivity index (χ3n) is 8.46. The van der Waals surface area contributed by atoms with Crippen LogP contribution < -0.4 is 21.3 Å². The average Bonchev–Trinajstić information content (AvgIpc) is 3.09. The number of nitrogens with one attached hydrogen (secondary N) is 4. The Kier molecular flexibility index (Phi) is 27.0. The van der Waals surface area contributed by atoms with Crippen molar-refractivity contribution in [2.45, 2.75) is 159 Å². The molecule has 0 saturated heterocycles. The zero-order chi connectivity index (χ0) is 40.9. The Morgan fingerprint density at radius 1 is 0.333 bits per heavy atom. The Labute approximate surface area is 314 Å². The first kappa shape index (κ1) is 49.2. The molecule has 0 aromatic carbocycles. The average molecular weight is 775 g/mol. The molecule has 19 heteroatoms. The number of aliphatic hydroxyl groups is 1. The summed E-state index contributed by atoms with van der Waals surface area (Å²) in [5, 5.41) is 64.2. The fourth-order valence-corrected chi connectivity index (χ4v) is 5.36. The molecule has 0 radical (unpaired) electrons. The molecule has 0 spiro atoms. The van der Waals surface area contributed by atoms with Gasteiger partial charge in [-0.05, 0) is 51.4 Å². The van der Waals surface area contributed by atoms with E-state index in [0.29, 0.717) is 25.7 Å². The van der Waals surface area contributed by atoms with E-state index in [9.17, 15) is 63.6 Å². The Morgan fingerprint density at radius 2 is 0.611 bits per heavy atom. The first-order valence-corrected chi connectivity index (χ1v) is 18.5. The highest BCUT2D eigenvalue weighted by Crippen LogP contribution is 2.13. The minimum atomic E-state index is -1.59. The zero-order valence-electron chi connectivity index (χ0n) is 30.7. The van der Waals surface area contributed by atoms with Crippen molar-refractivity contribution in [3.63, 3.8) is 0 Å². The predicted molar refractivity (Wildman–Crippen MR) is 190 cm³/mol. The minimum Gasteiger partial charge on any atom is -0.481 e. The summed E-state index contributed by atoms with van der Waals surface area (Å²) in [6.45, 7) is -0.153. The molecule has 0 unspecified atom stereocenters. The second kappa shape index (κ2) is 29.6. The van der Waals surface area contributed by atoms with Crippen molar-refractivity contribution in [3.8, 4) is 0 Å². The lowest BCUT2D eigenvalue weighted by Crippen LogP contribution is -2.45. The van der Waals surface area contributed by atoms with E-state index in [4.69, 9.17) is 10.2 Å². The number of rotatable bonds is 34. The van der Waals surface area contributed by atoms with Crippen LogP contribution in [-0.2, 0) is 43.2 Å². The maximum atomic E-state index is 12.5. The van der Waals surface area contributed by atoms with Crippen LogP contribution in [0.1, 0.15) is 135 Å². The summed E-state index contributed by atoms with van der Waals surface area (Å²) in [6.07, 6.45) is 7.26. The molecule has 10 N–H and O–H groups in total. The predicted octanol–water partition coefficient (Wildman–Crippen LogP) is 1.53. The summed E-state index contributed by atoms with van der Waals surface area (Å²) >= 11 is 0. The van der Waals surface area contributed by atoms with Crippen LogP contribution in [0.25, 0.3) is 0 Å². The summed E-state index contributed by atoms with van der Waals surface area (Å²) in [4.78, 5) is 106. The van der Waals surface area contributed by atoms with Crippen molar-refractivity contribution in [3.05, 3.63) is 0 Å². The number of aliphatic hydroxyl groups excluding tert-OH is 1. The van der Waals surface area contributed by atoms with E-state index in [0.717, 1.165) is 51.4 Å². The molecule has 4 amide bonds. The molecule has 0 saturated carbocycles. The molecule has 0 aromatic heterocycles. The van der Waals surface area contributed by atoms with Gasteiger partial charge in [0, 0.05) is 38.7 Å². The number of hydrogen-bond acceptors (Lipinski definition) is 10. The molecule has 4 atom stereocenters. The largest absolute Gasteiger partial charge is 0.481 e. The van der Waals surface area contributed by atoms with Gasteiger partial charge in [-0.2, -0.15) is 0 Å². The summed E-state index contributed by atoms with van der Waals surface area (Å²) < 4.78 is 0. The third kappa shape index (κ3) is 26.0. The van der Waals surface area contributed by atoms with E-state index in [-0.39, 0.29) is 32.3 Å². The molecule has 0 aliphatic carbocycles. The summed E-state index contributed by atoms with van der Waals surface area (Å²) in [5.41, 5.74) is 0. The number of carboxylic acids is 5. The highest BCUT2D eigenvalue weighted by atomic mass is 16.4. The van der Waals surface area contributed by atoms with E-state index in [1.54, 1.807) is 0 Å². The number of carboxylic acid groups (broad SMARTS) is 5. The Hall–Kier alpha value is -4.81. The van der Waals surface area contributed by atoms with Gasteiger partial charge in [-0.15, -0.1) is 0 Å². The van der Waals surface area contributed by atoms with Gasteiger partial charge >= 0.3 is 29.8 Å². The zero-order valence-corrected chi connectivity index (χ0v) is 30.7. The molecule has 0 aromatic rings. The Bertz CT molecular complexity index is 1230. The maximum Gasteiger partial charge on any atom is 0.326 e. The SMILES string of the molecule is O=C(O)CCCCCCCCCCCCC(=O)N[C@@H](CCC(=O)N[C@@H](CCC(=O)N[C@@H](CCC(=O)N[C@@H](CCCCO)C(=O)O)C(=O)O)C(=O)O)C(=O)O. The summed E-state index contributed by atoms with van der Waals surface area (Å²) in [5.74, 6) is -9.50. The van der Waals surface area contributed by atoms with Gasteiger partial charge in [0.25, 0.3) is 0 Å². The highest BCUT2D eigenvalue weighted by Gasteiger charge is 2.27. The number of carbonyl (C=O) groups excluding carboxylic acids is 4. The maximum absolute atomic E-state index is 12.5. The van der Waals surface area contributed by atoms with Crippen LogP contribution in [0.5, 0.6) is 0 Å². The second-order valence-electron chi connectivity index (χ2n) is 13.1. The van der Waals surface area contributed by atoms with Crippen molar-refractivity contribution in [2.24, 2.45) is 0 Å². The van der Waals surface area contributed by atoms with Crippen molar-refractivity contribution in [2.75, 3.05) is 6.61 Å². The normalized spacial score (nSPS) is 13.1. The first-order valence-electron chi connectivity index (χ1n) is 18.5. The van der Waals surface area contributed by atoms with Crippen LogP contribution in [0.2, 0.25) is 0 Å². The van der Waals surface area contributed by atoms with E-state index < -0.39 is 110 Å². The standard InChI is InChI=1S/C35H58N4O15/c40-22-12-11-13-23(32(47)48)36-28(42)19-17-25(34(51)52)38-30(44)21-18-26(35(53)54)39-29(43)20-16-24(33(49)50)37-27(41)14-9-7-5-3-1-2-4-6-8-10-15-31(45)46/h23-26,40H,1-22H2,(H,36,42)(H,37,41)(H,38,44)(H,39,43)(H,45,46)(H,47,48)(H,49,50)(H,51,52)(H,53,54)/t23-,24-,25-,26-/m0/s1. The molecule has 0 aliphatic rings. The molecule has 0 bridgehead atoms. The monoisotopic (exact) mass is 774 g/mol. The number of unbranched alkanes of at least 4 members (excludes halogenated alkanes) is 10. The fraction of sp³-hybridized carbons (Fsp3) is 0.743. The van der Waals surface area contributed by atoms with E-state index in [2.05, 4.69) is 21.3 Å². The van der Waals surface area contributed by atoms with E-state index in [1.165, 1.54) is 0 Å². The first-order chi connectivity index (χ1) is 25.6. The third-order valence-corrected chi connectivity index (χ3v) is 8.46. The van der Waals surface area contributed by atoms with Crippen LogP contribution in [0, 0.1) is 0 Å². The van der Waals surface area contributed by atoms with E-state index in [1.807, 2.05) is 0 Å². The molecule has 308 valence electrons. The van der Waals surface area contributed by atoms with Gasteiger partial charge in [0.1, 0.15) is 24.2 Å². The number of aliphatic carboxylic acids is 5. The smallest absolute Gasteiger partial charge is 0.326 e. The lowest BCUT2D eigenvalue weighted by molar-refractivity contribution is -0.144. The topological polar surface area (TPSA) is 323 Å². The van der Waals surface area contributed by atoms with Gasteiger partial charge in [-0.1, -0.05) is 51.4 Å². The second-order valence-corrected chi connectivity index (χ2v) is 13.1. The fourth-order valence-electron chi connectivity index (χ4n) is 5.36. The van der Waals surface area contributed by atoms with Gasteiger partial charge in [0.05, 0.1) is 0 Å². The van der Waals surface area contributed by atoms with Crippen molar-refractivity contribution < 1.29 is 73.8 Å². The number of hydrogen-bond donors (Lipinski definition) is 10. The molecule has 0 rings (SSSR count). The molecule has 0 aliphatic heterocycles. The van der Waals surface area contributed by atoms with Crippen LogP contribution in [0.3, 0.4) is 0 Å². The Morgan fingerprint density at radius 3 is 0.907 bits per heavy atom. The van der Waals surface area contributed by atoms with Gasteiger partial charge < -0.3 is 51.9 Å². The highest BCUT2D eigenvalue weighted by molar-refractivity contribution is 5.88. The van der Waals surface area contributed by atoms with Crippen LogP contribution in [0.4, 0.5) is 0 Å². The summed E-state index contributed by atoms with van der Waals surface area (Å²) in [6, 6.07) is -5.80. The van der Waals surface area contributed by atoms with Gasteiger partial charge in [0.2, 0.25) is 23.6 Å². The summed E-state index contributed by atoms with van der Waals surface area (Å²) in [7, 11) is 0. The molecule has 54 heavy (non-hydrogen) atoms. The lowest BCUT2D eigenvalue weighted by Gasteiger charge is -2.18. The molecule has 19 nitrogen and oxygen atoms in total. The van der Waals surface area contributed by atoms with E-state index >= 15 is 0 Å². The van der Waals surface area contributed by atoms with Crippen LogP contribution in [0.15, 0.2) is 0 Å². The molecule has 0 fully saturated rings. The number of amides is 4. The minimum absolute atomic E-state index is 0.0449. The number of carbonyl (C=O) groups is 9. The van der Waals surface area contributed by atoms with Crippen molar-refractivity contribution >= 4 is 53.5 Å². The van der Waals surface area contributed by atoms with Gasteiger partial charge in [-0.3, -0.25) is 24.0 Å². The van der Waals surface area contributed by atoms with Gasteiger partial charge in [-0.25, -0.2) is 19.2 Å². The van der Waals surface area contributed by atoms with Crippen LogP contribution in [-0.4, -0.2) is 115 Å². The lowest BCUT2D eigenvalue weighted by atomic mass is 10.0. The van der Waals surface area contributed by atoms with Crippen molar-refractivity contribution in [1.29, 1.82) is 0 Å². The van der Waals surface area contributed by atoms with Crippen LogP contribution >= 0.6 is 0 Å². The quantitative estimate of drug-likeness (QED) is 0.0415.